The van der Waals surface area contributed by atoms with Gasteiger partial charge in [0.25, 0.3) is 0 Å². The number of hydrogen-bond donors (Lipinski definition) is 1. The molecule has 0 aliphatic rings. The summed E-state index contributed by atoms with van der Waals surface area (Å²) < 4.78 is 4.95. The molecule has 1 amide bonds. The Kier molecular flexibility index (Phi) is 10.4. The van der Waals surface area contributed by atoms with Crippen LogP contribution in [0.25, 0.3) is 0 Å². The Hall–Kier alpha value is -3.27. The second-order valence-corrected chi connectivity index (χ2v) is 17.5. The number of halogens is 1. The molecule has 4 aromatic carbocycles. The maximum atomic E-state index is 12.7. The molecule has 38 heavy (non-hydrogen) atoms. The van der Waals surface area contributed by atoms with Crippen LogP contribution in [0.15, 0.2) is 115 Å². The number of benzene rings is 4. The van der Waals surface area contributed by atoms with E-state index < -0.39 is 17.2 Å². The van der Waals surface area contributed by atoms with E-state index in [1.165, 1.54) is 15.9 Å². The van der Waals surface area contributed by atoms with Crippen molar-refractivity contribution in [2.24, 2.45) is 0 Å². The SMILES string of the molecule is CC.CCOC(=O)CC(=O)Nc1ccccc1CP(Br)(c1ccccc1)(c1ccccc1)c1ccccc1. The van der Waals surface area contributed by atoms with Crippen LogP contribution in [0.1, 0.15) is 32.8 Å². The first kappa shape index (κ1) is 29.3. The molecule has 1 N–H and O–H groups in total. The molecule has 4 nitrogen and oxygen atoms in total. The van der Waals surface area contributed by atoms with Crippen LogP contribution in [0.3, 0.4) is 0 Å². The monoisotopic (exact) mass is 591 g/mol. The fourth-order valence-corrected chi connectivity index (χ4v) is 12.3. The molecule has 0 aromatic heterocycles. The van der Waals surface area contributed by atoms with Gasteiger partial charge in [-0.05, 0) is 0 Å². The fraction of sp³-hybridized carbons (Fsp3) is 0.188. The molecule has 4 rings (SSSR count). The van der Waals surface area contributed by atoms with Crippen molar-refractivity contribution in [3.05, 3.63) is 121 Å². The quantitative estimate of drug-likeness (QED) is 0.130. The molecule has 198 valence electrons. The number of anilines is 1. The number of amides is 1. The first-order chi connectivity index (χ1) is 18.4. The van der Waals surface area contributed by atoms with Crippen molar-refractivity contribution < 1.29 is 14.3 Å². The average molecular weight is 593 g/mol. The Morgan fingerprint density at radius 1 is 0.711 bits per heavy atom. The van der Waals surface area contributed by atoms with Gasteiger partial charge in [-0.2, -0.15) is 0 Å². The van der Waals surface area contributed by atoms with Crippen LogP contribution in [-0.4, -0.2) is 18.5 Å². The summed E-state index contributed by atoms with van der Waals surface area (Å²) in [5.41, 5.74) is 1.66. The van der Waals surface area contributed by atoms with Gasteiger partial charge in [-0.1, -0.05) is 13.8 Å². The molecule has 0 fully saturated rings. The zero-order chi connectivity index (χ0) is 27.5. The zero-order valence-corrected chi connectivity index (χ0v) is 24.6. The molecule has 0 aliphatic carbocycles. The molecule has 0 unspecified atom stereocenters. The predicted molar refractivity (Wildman–Crippen MR) is 165 cm³/mol. The van der Waals surface area contributed by atoms with Gasteiger partial charge in [-0.3, -0.25) is 0 Å². The van der Waals surface area contributed by atoms with E-state index in [1.807, 2.05) is 56.3 Å². The molecule has 0 aliphatic heterocycles. The van der Waals surface area contributed by atoms with Crippen LogP contribution in [0, 0.1) is 0 Å². The maximum absolute atomic E-state index is 12.7. The summed E-state index contributed by atoms with van der Waals surface area (Å²) in [5.74, 6) is -0.930. The number of carbonyl (C=O) groups excluding carboxylic acids is 2. The molecule has 0 spiro atoms. The number of para-hydroxylation sites is 1. The molecule has 0 radical (unpaired) electrons. The van der Waals surface area contributed by atoms with Crippen molar-refractivity contribution >= 4 is 54.3 Å². The second kappa shape index (κ2) is 13.5. The van der Waals surface area contributed by atoms with Gasteiger partial charge >= 0.3 is 221 Å². The third kappa shape index (κ3) is 6.23. The first-order valence-corrected chi connectivity index (χ1v) is 17.3. The Bertz CT molecular complexity index is 1230. The summed E-state index contributed by atoms with van der Waals surface area (Å²) in [4.78, 5) is 24.6. The second-order valence-electron chi connectivity index (χ2n) is 8.53. The molecular formula is C32H35BrNO3P. The summed E-state index contributed by atoms with van der Waals surface area (Å²) in [6.07, 6.45) is 0.301. The fourth-order valence-electron chi connectivity index (χ4n) is 4.58. The van der Waals surface area contributed by atoms with Gasteiger partial charge in [0.1, 0.15) is 0 Å². The summed E-state index contributed by atoms with van der Waals surface area (Å²) in [6, 6.07) is 39.3. The van der Waals surface area contributed by atoms with Crippen LogP contribution in [0.5, 0.6) is 0 Å². The zero-order valence-electron chi connectivity index (χ0n) is 22.1. The van der Waals surface area contributed by atoms with Crippen molar-refractivity contribution in [3.63, 3.8) is 0 Å². The van der Waals surface area contributed by atoms with Gasteiger partial charge in [0, 0.05) is 0 Å². The summed E-state index contributed by atoms with van der Waals surface area (Å²) in [6.45, 7) is 5.97. The number of nitrogens with one attached hydrogen (secondary N) is 1. The van der Waals surface area contributed by atoms with Crippen LogP contribution in [0.2, 0.25) is 0 Å². The van der Waals surface area contributed by atoms with E-state index in [1.54, 1.807) is 6.92 Å². The molecule has 0 bridgehead atoms. The third-order valence-corrected chi connectivity index (χ3v) is 15.7. The minimum atomic E-state index is -3.24. The van der Waals surface area contributed by atoms with Crippen LogP contribution >= 0.6 is 20.8 Å². The van der Waals surface area contributed by atoms with Crippen LogP contribution < -0.4 is 21.2 Å². The molecular weight excluding hydrogens is 557 g/mol. The van der Waals surface area contributed by atoms with Gasteiger partial charge in [-0.15, -0.1) is 0 Å². The standard InChI is InChI=1S/C30H29BrNO3P.C2H6/c1-2-35-30(34)22-29(33)32-28-21-13-12-14-24(28)23-36(31,25-15-6-3-7-16-25,26-17-8-4-9-18-26)27-19-10-5-11-20-27;1-2/h3-21H,2,22-23H2,1H3,(H,32,33);1-2H3. The summed E-state index contributed by atoms with van der Waals surface area (Å²) in [7, 11) is 0. The van der Waals surface area contributed by atoms with Gasteiger partial charge in [-0.25, -0.2) is 0 Å². The normalized spacial score (nSPS) is 11.7. The summed E-state index contributed by atoms with van der Waals surface area (Å²) >= 11 is 4.46. The average Bonchev–Trinajstić information content (AvgIpc) is 2.97. The Labute approximate surface area is 234 Å². The molecule has 0 atom stereocenters. The van der Waals surface area contributed by atoms with E-state index in [0.717, 1.165) is 5.56 Å². The Morgan fingerprint density at radius 3 is 1.58 bits per heavy atom. The molecule has 6 heteroatoms. The predicted octanol–water partition coefficient (Wildman–Crippen LogP) is 6.94. The molecule has 0 heterocycles. The Balaban J connectivity index is 0.00000195. The van der Waals surface area contributed by atoms with Crippen LogP contribution in [0.4, 0.5) is 5.69 Å². The van der Waals surface area contributed by atoms with E-state index >= 15 is 0 Å². The van der Waals surface area contributed by atoms with Crippen molar-refractivity contribution in [1.82, 2.24) is 0 Å². The number of rotatable bonds is 9. The van der Waals surface area contributed by atoms with E-state index in [-0.39, 0.29) is 13.0 Å². The van der Waals surface area contributed by atoms with Crippen molar-refractivity contribution in [1.29, 1.82) is 0 Å². The topological polar surface area (TPSA) is 55.4 Å². The van der Waals surface area contributed by atoms with Crippen molar-refractivity contribution in [2.45, 2.75) is 33.4 Å². The molecule has 0 saturated heterocycles. The van der Waals surface area contributed by atoms with Gasteiger partial charge < -0.3 is 0 Å². The Morgan fingerprint density at radius 2 is 1.13 bits per heavy atom. The van der Waals surface area contributed by atoms with E-state index in [4.69, 9.17) is 4.74 Å². The minimum absolute atomic E-state index is 0.242. The van der Waals surface area contributed by atoms with E-state index in [9.17, 15) is 9.59 Å². The molecule has 0 saturated carbocycles. The van der Waals surface area contributed by atoms with Crippen LogP contribution in [-0.2, 0) is 20.5 Å². The number of ether oxygens (including phenoxy) is 1. The van der Waals surface area contributed by atoms with Crippen molar-refractivity contribution in [3.8, 4) is 0 Å². The number of carbonyl (C=O) groups is 2. The number of esters is 1. The summed E-state index contributed by atoms with van der Waals surface area (Å²) in [5, 5.41) is 3.28. The van der Waals surface area contributed by atoms with Crippen molar-refractivity contribution in [2.75, 3.05) is 11.9 Å². The van der Waals surface area contributed by atoms with Gasteiger partial charge in [0.15, 0.2) is 0 Å². The first-order valence-electron chi connectivity index (χ1n) is 12.9. The number of hydrogen-bond acceptors (Lipinski definition) is 3. The third-order valence-electron chi connectivity index (χ3n) is 6.25. The van der Waals surface area contributed by atoms with E-state index in [2.05, 4.69) is 93.6 Å². The van der Waals surface area contributed by atoms with Gasteiger partial charge in [0.2, 0.25) is 0 Å². The molecule has 4 aromatic rings. The van der Waals surface area contributed by atoms with Gasteiger partial charge in [0.05, 0.1) is 0 Å². The van der Waals surface area contributed by atoms with E-state index in [0.29, 0.717) is 11.8 Å².